The number of carbonyl (C=O) groups excluding carboxylic acids is 1. The molecule has 1 aliphatic rings. The number of benzene rings is 2. The van der Waals surface area contributed by atoms with Gasteiger partial charge in [-0.3, -0.25) is 0 Å². The summed E-state index contributed by atoms with van der Waals surface area (Å²) in [4.78, 5) is 19.6. The van der Waals surface area contributed by atoms with Gasteiger partial charge in [0, 0.05) is 5.02 Å². The summed E-state index contributed by atoms with van der Waals surface area (Å²) in [7, 11) is 0. The molecular formula is C26H32ClN3O3S. The molecule has 0 aromatic heterocycles. The average Bonchev–Trinajstić information content (AvgIpc) is 2.76. The number of amides is 1. The number of nitrogens with zero attached hydrogens (tertiary/aromatic N) is 2. The maximum Gasteiger partial charge on any atom is 0.419 e. The Hall–Kier alpha value is -2.64. The lowest BCUT2D eigenvalue weighted by atomic mass is 10.0. The van der Waals surface area contributed by atoms with E-state index in [1.807, 2.05) is 89.4 Å². The fraction of sp³-hybridized carbons (Fsp3) is 0.385. The van der Waals surface area contributed by atoms with E-state index < -0.39 is 11.7 Å². The number of ether oxygens (including phenoxy) is 2. The topological polar surface area (TPSA) is 63.2 Å². The zero-order chi connectivity index (χ0) is 24.9. The second-order valence-electron chi connectivity index (χ2n) is 9.20. The highest BCUT2D eigenvalue weighted by Gasteiger charge is 2.32. The summed E-state index contributed by atoms with van der Waals surface area (Å²) in [5, 5.41) is 4.93. The van der Waals surface area contributed by atoms with E-state index in [1.54, 1.807) is 11.1 Å². The van der Waals surface area contributed by atoms with Crippen molar-refractivity contribution in [2.45, 2.75) is 58.8 Å². The maximum absolute atomic E-state index is 13.4. The number of rotatable bonds is 6. The first-order chi connectivity index (χ1) is 16.1. The van der Waals surface area contributed by atoms with Crippen LogP contribution in [-0.2, 0) is 11.2 Å². The Balaban J connectivity index is 2.01. The van der Waals surface area contributed by atoms with Gasteiger partial charge in [-0.1, -0.05) is 35.5 Å². The first-order valence-corrected chi connectivity index (χ1v) is 12.8. The molecular weight excluding hydrogens is 470 g/mol. The van der Waals surface area contributed by atoms with Crippen LogP contribution in [0.3, 0.4) is 0 Å². The van der Waals surface area contributed by atoms with Crippen LogP contribution in [0.25, 0.3) is 0 Å². The number of aliphatic imine (C=N–C) groups is 1. The van der Waals surface area contributed by atoms with Gasteiger partial charge in [0.1, 0.15) is 11.4 Å². The van der Waals surface area contributed by atoms with E-state index >= 15 is 0 Å². The first-order valence-electron chi connectivity index (χ1n) is 11.2. The molecule has 1 heterocycles. The second-order valence-corrected chi connectivity index (χ2v) is 10.4. The normalized spacial score (nSPS) is 15.8. The molecule has 34 heavy (non-hydrogen) atoms. The van der Waals surface area contributed by atoms with E-state index in [0.717, 1.165) is 16.5 Å². The zero-order valence-electron chi connectivity index (χ0n) is 20.5. The van der Waals surface area contributed by atoms with Crippen molar-refractivity contribution in [3.05, 3.63) is 71.0 Å². The molecule has 1 atom stereocenters. The summed E-state index contributed by atoms with van der Waals surface area (Å²) < 4.78 is 11.6. The molecule has 0 radical (unpaired) electrons. The molecule has 1 amide bonds. The Labute approximate surface area is 211 Å². The molecule has 1 aliphatic heterocycles. The Bertz CT molecular complexity index is 1040. The number of hydrogen-bond donors (Lipinski definition) is 1. The van der Waals surface area contributed by atoms with Crippen molar-refractivity contribution in [3.8, 4) is 5.75 Å². The van der Waals surface area contributed by atoms with Crippen LogP contribution in [0.15, 0.2) is 65.4 Å². The number of carbonyl (C=O) groups is 1. The molecule has 2 aromatic rings. The summed E-state index contributed by atoms with van der Waals surface area (Å²) in [6.45, 7) is 9.51. The van der Waals surface area contributed by atoms with Gasteiger partial charge in [0.25, 0.3) is 0 Å². The number of thioether (sulfide) groups is 1. The van der Waals surface area contributed by atoms with Crippen molar-refractivity contribution < 1.29 is 14.3 Å². The van der Waals surface area contributed by atoms with Crippen LogP contribution in [0.5, 0.6) is 5.75 Å². The van der Waals surface area contributed by atoms with Gasteiger partial charge in [0.2, 0.25) is 0 Å². The van der Waals surface area contributed by atoms with Crippen LogP contribution in [0.1, 0.15) is 40.2 Å². The third-order valence-corrected chi connectivity index (χ3v) is 5.68. The Morgan fingerprint density at radius 1 is 1.15 bits per heavy atom. The molecule has 1 N–H and O–H groups in total. The number of nitrogens with one attached hydrogen (secondary N) is 1. The minimum atomic E-state index is -0.655. The van der Waals surface area contributed by atoms with Gasteiger partial charge < -0.3 is 14.8 Å². The monoisotopic (exact) mass is 501 g/mol. The largest absolute Gasteiger partial charge is 0.491 e. The maximum atomic E-state index is 13.4. The molecule has 0 bridgehead atoms. The van der Waals surface area contributed by atoms with Crippen LogP contribution < -0.4 is 15.0 Å². The predicted molar refractivity (Wildman–Crippen MR) is 142 cm³/mol. The third-order valence-electron chi connectivity index (χ3n) is 4.82. The van der Waals surface area contributed by atoms with Crippen molar-refractivity contribution in [1.29, 1.82) is 0 Å². The fourth-order valence-electron chi connectivity index (χ4n) is 3.43. The van der Waals surface area contributed by atoms with Crippen molar-refractivity contribution >= 4 is 40.3 Å². The summed E-state index contributed by atoms with van der Waals surface area (Å²) in [5.41, 5.74) is 1.79. The minimum Gasteiger partial charge on any atom is -0.491 e. The number of halogens is 1. The van der Waals surface area contributed by atoms with E-state index in [1.165, 1.54) is 11.8 Å². The highest BCUT2D eigenvalue weighted by molar-refractivity contribution is 8.13. The van der Waals surface area contributed by atoms with E-state index in [2.05, 4.69) is 10.3 Å². The molecule has 1 unspecified atom stereocenters. The molecule has 6 nitrogen and oxygen atoms in total. The molecule has 3 rings (SSSR count). The molecule has 0 spiro atoms. The lowest BCUT2D eigenvalue weighted by Gasteiger charge is -2.34. The number of amidine groups is 1. The van der Waals surface area contributed by atoms with Crippen LogP contribution in [0.4, 0.5) is 10.5 Å². The lowest BCUT2D eigenvalue weighted by molar-refractivity contribution is 0.0589. The molecule has 0 aliphatic carbocycles. The van der Waals surface area contributed by atoms with E-state index in [0.29, 0.717) is 22.8 Å². The van der Waals surface area contributed by atoms with Gasteiger partial charge in [-0.05, 0) is 89.3 Å². The molecule has 2 aromatic carbocycles. The zero-order valence-corrected chi connectivity index (χ0v) is 22.0. The van der Waals surface area contributed by atoms with Crippen molar-refractivity contribution in [1.82, 2.24) is 5.32 Å². The highest BCUT2D eigenvalue weighted by atomic mass is 35.5. The van der Waals surface area contributed by atoms with Gasteiger partial charge in [-0.15, -0.1) is 0 Å². The van der Waals surface area contributed by atoms with Gasteiger partial charge in [0.05, 0.1) is 29.7 Å². The molecule has 0 saturated heterocycles. The molecule has 0 saturated carbocycles. The van der Waals surface area contributed by atoms with Crippen molar-refractivity contribution in [2.24, 2.45) is 4.99 Å². The molecule has 182 valence electrons. The quantitative estimate of drug-likeness (QED) is 0.480. The smallest absolute Gasteiger partial charge is 0.419 e. The summed E-state index contributed by atoms with van der Waals surface area (Å²) in [6, 6.07) is 14.9. The van der Waals surface area contributed by atoms with Crippen LogP contribution >= 0.6 is 23.4 Å². The first kappa shape index (κ1) is 26.0. The van der Waals surface area contributed by atoms with Gasteiger partial charge in [-0.2, -0.15) is 0 Å². The lowest BCUT2D eigenvalue weighted by Crippen LogP contribution is -2.47. The Morgan fingerprint density at radius 2 is 1.79 bits per heavy atom. The SMILES string of the molecule is CSC1=NC=C(N(C(=O)OC(C)(C)C)c2ccc(OC(C)C)cc2)C(Cc2ccc(Cl)cc2)N1. The summed E-state index contributed by atoms with van der Waals surface area (Å²) in [5.74, 6) is 0.735. The second kappa shape index (κ2) is 11.2. The molecule has 0 fully saturated rings. The summed E-state index contributed by atoms with van der Waals surface area (Å²) in [6.07, 6.45) is 3.92. The minimum absolute atomic E-state index is 0.0566. The highest BCUT2D eigenvalue weighted by Crippen LogP contribution is 2.30. The van der Waals surface area contributed by atoms with Gasteiger partial charge >= 0.3 is 6.09 Å². The number of hydrogen-bond acceptors (Lipinski definition) is 6. The van der Waals surface area contributed by atoms with Crippen LogP contribution in [-0.4, -0.2) is 35.3 Å². The van der Waals surface area contributed by atoms with Crippen LogP contribution in [0.2, 0.25) is 5.02 Å². The number of anilines is 1. The van der Waals surface area contributed by atoms with Crippen LogP contribution in [0, 0.1) is 0 Å². The van der Waals surface area contributed by atoms with Crippen molar-refractivity contribution in [3.63, 3.8) is 0 Å². The third kappa shape index (κ3) is 7.18. The van der Waals surface area contributed by atoms with E-state index in [4.69, 9.17) is 21.1 Å². The van der Waals surface area contributed by atoms with E-state index in [9.17, 15) is 4.79 Å². The molecule has 8 heteroatoms. The standard InChI is InChI=1S/C26H32ClN3O3S/c1-17(2)32-21-13-11-20(12-14-21)30(25(31)33-26(3,4)5)23-16-28-24(34-6)29-22(23)15-18-7-9-19(27)10-8-18/h7-14,16-17,22H,15H2,1-6H3,(H,28,29). The Kier molecular flexibility index (Phi) is 8.55. The Morgan fingerprint density at radius 3 is 2.35 bits per heavy atom. The van der Waals surface area contributed by atoms with E-state index in [-0.39, 0.29) is 12.1 Å². The van der Waals surface area contributed by atoms with Gasteiger partial charge in [0.15, 0.2) is 5.17 Å². The average molecular weight is 502 g/mol. The predicted octanol–water partition coefficient (Wildman–Crippen LogP) is 6.64. The van der Waals surface area contributed by atoms with Crippen molar-refractivity contribution in [2.75, 3.05) is 11.2 Å². The summed E-state index contributed by atoms with van der Waals surface area (Å²) >= 11 is 7.60. The van der Waals surface area contributed by atoms with Gasteiger partial charge in [-0.25, -0.2) is 14.7 Å². The fourth-order valence-corrected chi connectivity index (χ4v) is 3.97.